The van der Waals surface area contributed by atoms with E-state index in [0.29, 0.717) is 11.4 Å². The van der Waals surface area contributed by atoms with Gasteiger partial charge in [0.15, 0.2) is 0 Å². The van der Waals surface area contributed by atoms with Crippen molar-refractivity contribution in [1.29, 1.82) is 0 Å². The van der Waals surface area contributed by atoms with Gasteiger partial charge in [-0.15, -0.1) is 0 Å². The predicted octanol–water partition coefficient (Wildman–Crippen LogP) is 3.03. The molecule has 1 aliphatic rings. The molecule has 3 aromatic rings. The molecule has 1 fully saturated rings. The van der Waals surface area contributed by atoms with Gasteiger partial charge in [0.05, 0.1) is 24.4 Å². The maximum absolute atomic E-state index is 12.6. The SMILES string of the molecule is COc1ccccc1-c1ccc(=O)n(C2CN(C(=O)c3ccc(C(F)(F)F)nc3)C2)n1. The maximum atomic E-state index is 12.6. The lowest BCUT2D eigenvalue weighted by molar-refractivity contribution is -0.141. The zero-order chi connectivity index (χ0) is 22.2. The number of ether oxygens (including phenoxy) is 1. The number of para-hydroxylation sites is 1. The van der Waals surface area contributed by atoms with Gasteiger partial charge in [-0.2, -0.15) is 18.3 Å². The number of rotatable bonds is 4. The second kappa shape index (κ2) is 7.86. The van der Waals surface area contributed by atoms with Crippen LogP contribution in [0, 0.1) is 0 Å². The summed E-state index contributed by atoms with van der Waals surface area (Å²) in [7, 11) is 1.54. The molecule has 0 saturated carbocycles. The Bertz CT molecular complexity index is 1170. The molecule has 0 unspecified atom stereocenters. The molecule has 0 bridgehead atoms. The van der Waals surface area contributed by atoms with Crippen molar-refractivity contribution in [3.05, 3.63) is 76.3 Å². The van der Waals surface area contributed by atoms with Crippen LogP contribution < -0.4 is 10.3 Å². The number of halogens is 3. The van der Waals surface area contributed by atoms with Gasteiger partial charge in [-0.1, -0.05) is 12.1 Å². The third-order valence-electron chi connectivity index (χ3n) is 5.00. The van der Waals surface area contributed by atoms with Crippen molar-refractivity contribution in [2.75, 3.05) is 20.2 Å². The molecule has 160 valence electrons. The Balaban J connectivity index is 1.50. The third-order valence-corrected chi connectivity index (χ3v) is 5.00. The smallest absolute Gasteiger partial charge is 0.433 e. The molecule has 3 heterocycles. The van der Waals surface area contributed by atoms with Crippen molar-refractivity contribution in [1.82, 2.24) is 19.7 Å². The summed E-state index contributed by atoms with van der Waals surface area (Å²) in [6, 6.07) is 11.8. The Morgan fingerprint density at radius 1 is 1.10 bits per heavy atom. The van der Waals surface area contributed by atoms with Gasteiger partial charge in [0.1, 0.15) is 11.4 Å². The van der Waals surface area contributed by atoms with Crippen molar-refractivity contribution >= 4 is 5.91 Å². The molecule has 0 radical (unpaired) electrons. The van der Waals surface area contributed by atoms with Gasteiger partial charge in [0, 0.05) is 30.9 Å². The van der Waals surface area contributed by atoms with E-state index in [2.05, 4.69) is 10.1 Å². The number of amides is 1. The molecular formula is C21H17F3N4O3. The van der Waals surface area contributed by atoms with Crippen LogP contribution in [0.4, 0.5) is 13.2 Å². The summed E-state index contributed by atoms with van der Waals surface area (Å²) in [4.78, 5) is 29.6. The molecule has 0 aliphatic carbocycles. The van der Waals surface area contributed by atoms with Gasteiger partial charge in [0.25, 0.3) is 11.5 Å². The molecule has 31 heavy (non-hydrogen) atoms. The average Bonchev–Trinajstić information content (AvgIpc) is 2.73. The summed E-state index contributed by atoms with van der Waals surface area (Å²) >= 11 is 0. The van der Waals surface area contributed by atoms with Gasteiger partial charge in [0.2, 0.25) is 0 Å². The summed E-state index contributed by atoms with van der Waals surface area (Å²) in [5.74, 6) is 0.159. The van der Waals surface area contributed by atoms with Crippen molar-refractivity contribution < 1.29 is 22.7 Å². The number of nitrogens with zero attached hydrogens (tertiary/aromatic N) is 4. The molecule has 1 aromatic carbocycles. The summed E-state index contributed by atoms with van der Waals surface area (Å²) in [5.41, 5.74) is -0.0495. The maximum Gasteiger partial charge on any atom is 0.433 e. The van der Waals surface area contributed by atoms with Crippen LogP contribution >= 0.6 is 0 Å². The number of methoxy groups -OCH3 is 1. The highest BCUT2D eigenvalue weighted by Crippen LogP contribution is 2.29. The number of benzene rings is 1. The molecule has 1 aliphatic heterocycles. The number of alkyl halides is 3. The fraction of sp³-hybridized carbons (Fsp3) is 0.238. The summed E-state index contributed by atoms with van der Waals surface area (Å²) in [6.07, 6.45) is -3.66. The first-order chi connectivity index (χ1) is 14.8. The zero-order valence-corrected chi connectivity index (χ0v) is 16.3. The molecule has 0 N–H and O–H groups in total. The Kier molecular flexibility index (Phi) is 5.22. The topological polar surface area (TPSA) is 77.3 Å². The highest BCUT2D eigenvalue weighted by molar-refractivity contribution is 5.94. The Hall–Kier alpha value is -3.69. The van der Waals surface area contributed by atoms with E-state index in [4.69, 9.17) is 4.74 Å². The van der Waals surface area contributed by atoms with Gasteiger partial charge in [-0.05, 0) is 30.3 Å². The fourth-order valence-corrected chi connectivity index (χ4v) is 3.33. The molecular weight excluding hydrogens is 413 g/mol. The van der Waals surface area contributed by atoms with Gasteiger partial charge in [-0.25, -0.2) is 4.68 Å². The van der Waals surface area contributed by atoms with E-state index >= 15 is 0 Å². The molecule has 2 aromatic heterocycles. The Morgan fingerprint density at radius 3 is 2.48 bits per heavy atom. The first kappa shape index (κ1) is 20.6. The lowest BCUT2D eigenvalue weighted by Crippen LogP contribution is -2.53. The average molecular weight is 430 g/mol. The van der Waals surface area contributed by atoms with E-state index in [-0.39, 0.29) is 30.3 Å². The van der Waals surface area contributed by atoms with Crippen LogP contribution in [0.5, 0.6) is 5.75 Å². The summed E-state index contributed by atoms with van der Waals surface area (Å²) in [5, 5.41) is 4.43. The second-order valence-corrected chi connectivity index (χ2v) is 7.00. The van der Waals surface area contributed by atoms with Crippen LogP contribution in [0.1, 0.15) is 22.1 Å². The molecule has 1 amide bonds. The van der Waals surface area contributed by atoms with Crippen LogP contribution in [-0.2, 0) is 6.18 Å². The highest BCUT2D eigenvalue weighted by Gasteiger charge is 2.35. The summed E-state index contributed by atoms with van der Waals surface area (Å²) < 4.78 is 44.6. The molecule has 10 heteroatoms. The highest BCUT2D eigenvalue weighted by atomic mass is 19.4. The minimum Gasteiger partial charge on any atom is -0.496 e. The van der Waals surface area contributed by atoms with E-state index in [9.17, 15) is 22.8 Å². The van der Waals surface area contributed by atoms with Crippen LogP contribution in [0.25, 0.3) is 11.3 Å². The van der Waals surface area contributed by atoms with E-state index in [1.807, 2.05) is 18.2 Å². The van der Waals surface area contributed by atoms with Crippen molar-refractivity contribution in [2.45, 2.75) is 12.2 Å². The lowest BCUT2D eigenvalue weighted by atomic mass is 10.1. The van der Waals surface area contributed by atoms with Crippen LogP contribution in [0.3, 0.4) is 0 Å². The number of hydrogen-bond acceptors (Lipinski definition) is 5. The number of carbonyl (C=O) groups excluding carboxylic acids is 1. The minimum atomic E-state index is -4.57. The van der Waals surface area contributed by atoms with Gasteiger partial charge in [-0.3, -0.25) is 14.6 Å². The minimum absolute atomic E-state index is 0.0505. The molecule has 4 rings (SSSR count). The van der Waals surface area contributed by atoms with Crippen LogP contribution in [0.15, 0.2) is 59.5 Å². The first-order valence-electron chi connectivity index (χ1n) is 9.33. The van der Waals surface area contributed by atoms with Gasteiger partial charge < -0.3 is 9.64 Å². The predicted molar refractivity (Wildman–Crippen MR) is 105 cm³/mol. The van der Waals surface area contributed by atoms with E-state index in [1.165, 1.54) is 15.6 Å². The molecule has 0 atom stereocenters. The normalized spacial score (nSPS) is 14.3. The van der Waals surface area contributed by atoms with Crippen molar-refractivity contribution in [2.24, 2.45) is 0 Å². The second-order valence-electron chi connectivity index (χ2n) is 7.00. The molecule has 1 saturated heterocycles. The Labute approximate surface area is 174 Å². The van der Waals surface area contributed by atoms with Crippen molar-refractivity contribution in [3.8, 4) is 17.0 Å². The lowest BCUT2D eigenvalue weighted by Gasteiger charge is -2.39. The molecule has 0 spiro atoms. The summed E-state index contributed by atoms with van der Waals surface area (Å²) in [6.45, 7) is 0.421. The van der Waals surface area contributed by atoms with Crippen LogP contribution in [-0.4, -0.2) is 45.8 Å². The quantitative estimate of drug-likeness (QED) is 0.636. The number of aromatic nitrogens is 3. The number of hydrogen-bond donors (Lipinski definition) is 0. The van der Waals surface area contributed by atoms with Crippen molar-refractivity contribution in [3.63, 3.8) is 0 Å². The van der Waals surface area contributed by atoms with E-state index < -0.39 is 17.8 Å². The third kappa shape index (κ3) is 4.00. The van der Waals surface area contributed by atoms with E-state index in [0.717, 1.165) is 23.9 Å². The number of likely N-dealkylation sites (tertiary alicyclic amines) is 1. The van der Waals surface area contributed by atoms with Gasteiger partial charge >= 0.3 is 6.18 Å². The first-order valence-corrected chi connectivity index (χ1v) is 9.33. The fourth-order valence-electron chi connectivity index (χ4n) is 3.33. The standard InChI is InChI=1S/C21H17F3N4O3/c1-31-17-5-3-2-4-15(17)16-7-9-19(29)28(26-16)14-11-27(12-14)20(30)13-6-8-18(25-10-13)21(22,23)24/h2-10,14H,11-12H2,1H3. The zero-order valence-electron chi connectivity index (χ0n) is 16.3. The van der Waals surface area contributed by atoms with Crippen LogP contribution in [0.2, 0.25) is 0 Å². The monoisotopic (exact) mass is 430 g/mol. The molecule has 7 nitrogen and oxygen atoms in total. The number of carbonyl (C=O) groups is 1. The largest absolute Gasteiger partial charge is 0.496 e. The Morgan fingerprint density at radius 2 is 1.84 bits per heavy atom. The number of pyridine rings is 1. The van der Waals surface area contributed by atoms with E-state index in [1.54, 1.807) is 19.2 Å².